The highest BCUT2D eigenvalue weighted by atomic mass is 19.1. The maximum atomic E-state index is 13.6. The van der Waals surface area contributed by atoms with Gasteiger partial charge in [0.15, 0.2) is 11.5 Å². The number of fused-ring (bicyclic) bond motifs is 1. The average molecular weight is 415 g/mol. The molecule has 1 aliphatic rings. The van der Waals surface area contributed by atoms with Gasteiger partial charge in [-0.05, 0) is 29.8 Å². The molecule has 0 saturated heterocycles. The van der Waals surface area contributed by atoms with Gasteiger partial charge in [-0.1, -0.05) is 32.0 Å². The number of ether oxygens (including phenoxy) is 2. The monoisotopic (exact) mass is 415 g/mol. The number of carbonyl (C=O) groups is 2. The summed E-state index contributed by atoms with van der Waals surface area (Å²) in [4.78, 5) is 24.0. The largest absolute Gasteiger partial charge is 0.486 e. The number of rotatable bonds is 7. The summed E-state index contributed by atoms with van der Waals surface area (Å²) in [5.74, 6) is 0.336. The smallest absolute Gasteiger partial charge is 0.314 e. The molecule has 1 heterocycles. The highest BCUT2D eigenvalue weighted by Crippen LogP contribution is 2.34. The van der Waals surface area contributed by atoms with E-state index in [-0.39, 0.29) is 30.1 Å². The van der Waals surface area contributed by atoms with Crippen LogP contribution in [0.1, 0.15) is 29.8 Å². The van der Waals surface area contributed by atoms with E-state index in [0.29, 0.717) is 25.5 Å². The molecule has 3 N–H and O–H groups in total. The Bertz CT molecular complexity index is 917. The number of urea groups is 1. The molecule has 3 rings (SSSR count). The lowest BCUT2D eigenvalue weighted by Gasteiger charge is -2.27. The van der Waals surface area contributed by atoms with Gasteiger partial charge >= 0.3 is 6.03 Å². The first-order valence-electron chi connectivity index (χ1n) is 9.81. The lowest BCUT2D eigenvalue weighted by molar-refractivity contribution is 0.0950. The lowest BCUT2D eigenvalue weighted by Crippen LogP contribution is -2.44. The normalized spacial score (nSPS) is 12.8. The summed E-state index contributed by atoms with van der Waals surface area (Å²) in [5.41, 5.74) is 0.666. The van der Waals surface area contributed by atoms with Crippen LogP contribution < -0.4 is 25.4 Å². The molecule has 1 aliphatic heterocycles. The quantitative estimate of drug-likeness (QED) is 0.607. The van der Waals surface area contributed by atoms with Gasteiger partial charge in [0.05, 0.1) is 5.56 Å². The minimum atomic E-state index is -0.581. The van der Waals surface area contributed by atoms with Gasteiger partial charge in [0.1, 0.15) is 19.0 Å². The number of amides is 3. The Morgan fingerprint density at radius 1 is 0.967 bits per heavy atom. The molecule has 0 radical (unpaired) electrons. The molecular weight excluding hydrogens is 389 g/mol. The molecule has 0 saturated carbocycles. The van der Waals surface area contributed by atoms with Crippen LogP contribution in [-0.4, -0.2) is 44.8 Å². The van der Waals surface area contributed by atoms with E-state index in [1.54, 1.807) is 6.07 Å². The summed E-state index contributed by atoms with van der Waals surface area (Å²) in [5, 5.41) is 8.09. The fraction of sp³-hybridized carbons (Fsp3) is 0.364. The zero-order valence-corrected chi connectivity index (χ0v) is 17.1. The number of benzene rings is 2. The lowest BCUT2D eigenvalue weighted by atomic mass is 9.84. The zero-order chi connectivity index (χ0) is 21.6. The summed E-state index contributed by atoms with van der Waals surface area (Å²) in [6.07, 6.45) is 0. The second kappa shape index (κ2) is 9.47. The van der Waals surface area contributed by atoms with Gasteiger partial charge in [-0.2, -0.15) is 0 Å². The van der Waals surface area contributed by atoms with Gasteiger partial charge in [0.25, 0.3) is 5.91 Å². The molecule has 7 nitrogen and oxygen atoms in total. The molecule has 0 bridgehead atoms. The van der Waals surface area contributed by atoms with Crippen molar-refractivity contribution in [1.29, 1.82) is 0 Å². The van der Waals surface area contributed by atoms with Crippen molar-refractivity contribution in [3.05, 3.63) is 59.4 Å². The Hall–Kier alpha value is -3.29. The second-order valence-corrected chi connectivity index (χ2v) is 7.59. The predicted octanol–water partition coefficient (Wildman–Crippen LogP) is 2.60. The molecule has 0 fully saturated rings. The first kappa shape index (κ1) is 21.4. The van der Waals surface area contributed by atoms with Gasteiger partial charge in [0.2, 0.25) is 0 Å². The molecule has 0 spiro atoms. The fourth-order valence-electron chi connectivity index (χ4n) is 3.02. The van der Waals surface area contributed by atoms with Crippen LogP contribution in [0.4, 0.5) is 9.18 Å². The highest BCUT2D eigenvalue weighted by molar-refractivity contribution is 5.94. The van der Waals surface area contributed by atoms with Crippen molar-refractivity contribution in [3.8, 4) is 11.5 Å². The van der Waals surface area contributed by atoms with Crippen molar-refractivity contribution in [2.45, 2.75) is 19.3 Å². The third kappa shape index (κ3) is 5.40. The summed E-state index contributed by atoms with van der Waals surface area (Å²) in [7, 11) is 0. The Balaban J connectivity index is 1.42. The zero-order valence-electron chi connectivity index (χ0n) is 17.1. The minimum Gasteiger partial charge on any atom is -0.486 e. The standard InChI is InChI=1S/C22H26FN3O4/c1-22(2,15-7-8-18-19(13-15)30-12-11-29-18)14-26-21(28)25-10-9-24-20(27)16-5-3-4-6-17(16)23/h3-8,13H,9-12,14H2,1-2H3,(H,24,27)(H2,25,26,28). The molecule has 3 amide bonds. The van der Waals surface area contributed by atoms with Crippen molar-refractivity contribution in [3.63, 3.8) is 0 Å². The van der Waals surface area contributed by atoms with E-state index in [2.05, 4.69) is 16.0 Å². The van der Waals surface area contributed by atoms with Crippen LogP contribution in [0.2, 0.25) is 0 Å². The summed E-state index contributed by atoms with van der Waals surface area (Å²) >= 11 is 0. The third-order valence-corrected chi connectivity index (χ3v) is 4.83. The van der Waals surface area contributed by atoms with Crippen LogP contribution in [0.5, 0.6) is 11.5 Å². The molecule has 0 atom stereocenters. The summed E-state index contributed by atoms with van der Waals surface area (Å²) in [6, 6.07) is 11.2. The molecule has 160 valence electrons. The van der Waals surface area contributed by atoms with Gasteiger partial charge < -0.3 is 25.4 Å². The van der Waals surface area contributed by atoms with E-state index in [4.69, 9.17) is 9.47 Å². The molecule has 2 aromatic carbocycles. The first-order valence-corrected chi connectivity index (χ1v) is 9.81. The Labute approximate surface area is 174 Å². The molecule has 8 heteroatoms. The SMILES string of the molecule is CC(C)(CNC(=O)NCCNC(=O)c1ccccc1F)c1ccc2c(c1)OCCO2. The number of hydrogen-bond acceptors (Lipinski definition) is 4. The van der Waals surface area contributed by atoms with Crippen molar-refractivity contribution in [2.24, 2.45) is 0 Å². The average Bonchev–Trinajstić information content (AvgIpc) is 2.75. The molecule has 30 heavy (non-hydrogen) atoms. The molecule has 2 aromatic rings. The Morgan fingerprint density at radius 3 is 2.43 bits per heavy atom. The van der Waals surface area contributed by atoms with Crippen molar-refractivity contribution in [1.82, 2.24) is 16.0 Å². The fourth-order valence-corrected chi connectivity index (χ4v) is 3.02. The molecule has 0 unspecified atom stereocenters. The van der Waals surface area contributed by atoms with E-state index in [1.165, 1.54) is 18.2 Å². The van der Waals surface area contributed by atoms with Crippen LogP contribution in [0.3, 0.4) is 0 Å². The molecule has 0 aromatic heterocycles. The third-order valence-electron chi connectivity index (χ3n) is 4.83. The minimum absolute atomic E-state index is 0.0249. The van der Waals surface area contributed by atoms with Crippen molar-refractivity contribution in [2.75, 3.05) is 32.8 Å². The topological polar surface area (TPSA) is 88.7 Å². The number of carbonyl (C=O) groups excluding carboxylic acids is 2. The summed E-state index contributed by atoms with van der Waals surface area (Å²) < 4.78 is 24.7. The van der Waals surface area contributed by atoms with Crippen LogP contribution in [0.15, 0.2) is 42.5 Å². The number of hydrogen-bond donors (Lipinski definition) is 3. The van der Waals surface area contributed by atoms with Crippen LogP contribution in [0.25, 0.3) is 0 Å². The molecule has 0 aliphatic carbocycles. The maximum Gasteiger partial charge on any atom is 0.314 e. The maximum absolute atomic E-state index is 13.6. The van der Waals surface area contributed by atoms with E-state index in [9.17, 15) is 14.0 Å². The van der Waals surface area contributed by atoms with Crippen LogP contribution in [0, 0.1) is 5.82 Å². The summed E-state index contributed by atoms with van der Waals surface area (Å²) in [6.45, 7) is 5.91. The van der Waals surface area contributed by atoms with Gasteiger partial charge in [-0.15, -0.1) is 0 Å². The van der Waals surface area contributed by atoms with Crippen LogP contribution in [-0.2, 0) is 5.41 Å². The van der Waals surface area contributed by atoms with Gasteiger partial charge in [0, 0.05) is 25.0 Å². The van der Waals surface area contributed by atoms with Gasteiger partial charge in [-0.25, -0.2) is 9.18 Å². The second-order valence-electron chi connectivity index (χ2n) is 7.59. The Kier molecular flexibility index (Phi) is 6.76. The van der Waals surface area contributed by atoms with Crippen LogP contribution >= 0.6 is 0 Å². The van der Waals surface area contributed by atoms with Crippen molar-refractivity contribution < 1.29 is 23.5 Å². The van der Waals surface area contributed by atoms with E-state index < -0.39 is 11.7 Å². The van der Waals surface area contributed by atoms with E-state index in [0.717, 1.165) is 11.3 Å². The van der Waals surface area contributed by atoms with E-state index in [1.807, 2.05) is 32.0 Å². The highest BCUT2D eigenvalue weighted by Gasteiger charge is 2.24. The first-order chi connectivity index (χ1) is 14.4. The number of halogens is 1. The Morgan fingerprint density at radius 2 is 1.67 bits per heavy atom. The van der Waals surface area contributed by atoms with Gasteiger partial charge in [-0.3, -0.25) is 4.79 Å². The molecular formula is C22H26FN3O4. The van der Waals surface area contributed by atoms with E-state index >= 15 is 0 Å². The number of nitrogens with one attached hydrogen (secondary N) is 3. The van der Waals surface area contributed by atoms with Crippen molar-refractivity contribution >= 4 is 11.9 Å². The predicted molar refractivity (Wildman–Crippen MR) is 111 cm³/mol.